The second-order valence-corrected chi connectivity index (χ2v) is 14.6. The minimum absolute atomic E-state index is 0.0895. The van der Waals surface area contributed by atoms with Crippen LogP contribution in [0.3, 0.4) is 0 Å². The van der Waals surface area contributed by atoms with Crippen LogP contribution < -0.4 is 11.0 Å². The Bertz CT molecular complexity index is 2570. The summed E-state index contributed by atoms with van der Waals surface area (Å²) in [5, 5.41) is 21.7. The summed E-state index contributed by atoms with van der Waals surface area (Å²) < 4.78 is 85.1. The van der Waals surface area contributed by atoms with Crippen molar-refractivity contribution in [1.82, 2.24) is 38.9 Å². The Morgan fingerprint density at radius 1 is 1.04 bits per heavy atom. The predicted octanol–water partition coefficient (Wildman–Crippen LogP) is 6.55. The summed E-state index contributed by atoms with van der Waals surface area (Å²) in [6.45, 7) is 1.61. The first kappa shape index (κ1) is 39.5. The van der Waals surface area contributed by atoms with E-state index in [1.165, 1.54) is 32.4 Å². The Kier molecular flexibility index (Phi) is 10.4. The molecule has 12 nitrogen and oxygen atoms in total. The van der Waals surface area contributed by atoms with Crippen LogP contribution in [0.4, 0.5) is 26.3 Å². The number of amides is 2. The number of nitrogens with zero attached hydrogens (tertiary/aromatic N) is 7. The lowest BCUT2D eigenvalue weighted by Gasteiger charge is -2.34. The van der Waals surface area contributed by atoms with Crippen molar-refractivity contribution in [2.24, 2.45) is 0 Å². The van der Waals surface area contributed by atoms with Crippen LogP contribution >= 0.6 is 15.9 Å². The van der Waals surface area contributed by atoms with Gasteiger partial charge in [-0.05, 0) is 61.9 Å². The molecular formula is C38H33BrF6N8O4. The molecular weight excluding hydrogens is 826 g/mol. The third-order valence-corrected chi connectivity index (χ3v) is 10.3. The van der Waals surface area contributed by atoms with Gasteiger partial charge in [-0.2, -0.15) is 36.5 Å². The zero-order valence-corrected chi connectivity index (χ0v) is 31.7. The molecule has 57 heavy (non-hydrogen) atoms. The highest BCUT2D eigenvalue weighted by atomic mass is 79.9. The lowest BCUT2D eigenvalue weighted by molar-refractivity contribution is -0.142. The molecule has 0 unspecified atom stereocenters. The van der Waals surface area contributed by atoms with Crippen LogP contribution in [0.15, 0.2) is 88.4 Å². The fourth-order valence-corrected chi connectivity index (χ4v) is 7.44. The van der Waals surface area contributed by atoms with Gasteiger partial charge in [-0.3, -0.25) is 28.1 Å². The molecule has 2 amide bonds. The molecule has 1 aliphatic rings. The van der Waals surface area contributed by atoms with E-state index in [9.17, 15) is 45.8 Å². The van der Waals surface area contributed by atoms with Crippen LogP contribution in [0.5, 0.6) is 0 Å². The zero-order chi connectivity index (χ0) is 41.0. The first-order chi connectivity index (χ1) is 26.9. The standard InChI is InChI=1S/C38H33BrF6N8O4/c1-21-17-51-32(19-50(21)35(56)23-7-9-29(39)28(14-23)38(43,44)45)33(53(36(51)57)26-8-10-31-25(13-26)16-47-52(31)18-22(2)54)34(55)46-15-24-5-3-4-6-27(24)30-11-12-49(48-30)20-37(40,41)42/h3-14,16,21-22,54H,15,17-20H2,1-2H3,(H,46,55)/t21-,22+/m0/s1. The van der Waals surface area contributed by atoms with Gasteiger partial charge in [-0.15, -0.1) is 0 Å². The van der Waals surface area contributed by atoms with Gasteiger partial charge in [0.1, 0.15) is 12.2 Å². The van der Waals surface area contributed by atoms with Crippen molar-refractivity contribution >= 4 is 38.6 Å². The SMILES string of the molecule is C[C@@H](O)Cn1ncc2cc(-n3c(C(=O)NCc4ccccc4-c4ccn(CC(F)(F)F)n4)c4n(c3=O)C[C@H](C)N(C(=O)c3ccc(Br)c(C(F)(F)F)c3)C4)ccc21. The summed E-state index contributed by atoms with van der Waals surface area (Å²) in [7, 11) is 0. The Labute approximate surface area is 328 Å². The lowest BCUT2D eigenvalue weighted by Crippen LogP contribution is -2.47. The number of imidazole rings is 1. The average Bonchev–Trinajstić information content (AvgIpc) is 3.84. The Morgan fingerprint density at radius 3 is 2.51 bits per heavy atom. The van der Waals surface area contributed by atoms with Crippen molar-refractivity contribution in [1.29, 1.82) is 0 Å². The van der Waals surface area contributed by atoms with Crippen molar-refractivity contribution in [3.05, 3.63) is 122 Å². The molecule has 0 spiro atoms. The van der Waals surface area contributed by atoms with Gasteiger partial charge in [0.2, 0.25) is 0 Å². The number of hydrogen-bond donors (Lipinski definition) is 2. The number of nitrogens with one attached hydrogen (secondary N) is 1. The quantitative estimate of drug-likeness (QED) is 0.159. The van der Waals surface area contributed by atoms with Crippen LogP contribution in [0.1, 0.15) is 51.5 Å². The van der Waals surface area contributed by atoms with Gasteiger partial charge in [0.25, 0.3) is 11.8 Å². The fourth-order valence-electron chi connectivity index (χ4n) is 6.97. The van der Waals surface area contributed by atoms with Crippen LogP contribution in [-0.4, -0.2) is 68.8 Å². The number of hydrogen-bond acceptors (Lipinski definition) is 6. The maximum absolute atomic E-state index is 14.4. The molecule has 7 rings (SSSR count). The van der Waals surface area contributed by atoms with E-state index in [1.54, 1.807) is 67.2 Å². The number of benzene rings is 3. The lowest BCUT2D eigenvalue weighted by atomic mass is 10.0. The largest absolute Gasteiger partial charge is 0.417 e. The van der Waals surface area contributed by atoms with Crippen LogP contribution in [-0.2, 0) is 38.9 Å². The molecule has 0 bridgehead atoms. The van der Waals surface area contributed by atoms with E-state index in [4.69, 9.17) is 0 Å². The molecule has 0 radical (unpaired) electrons. The minimum Gasteiger partial charge on any atom is -0.391 e. The smallest absolute Gasteiger partial charge is 0.391 e. The van der Waals surface area contributed by atoms with Gasteiger partial charge >= 0.3 is 18.0 Å². The van der Waals surface area contributed by atoms with Crippen molar-refractivity contribution in [3.8, 4) is 16.9 Å². The first-order valence-corrected chi connectivity index (χ1v) is 18.3. The number of fused-ring (bicyclic) bond motifs is 2. The predicted molar refractivity (Wildman–Crippen MR) is 198 cm³/mol. The number of carbonyl (C=O) groups excluding carboxylic acids is 2. The van der Waals surface area contributed by atoms with E-state index < -0.39 is 54.1 Å². The third-order valence-electron chi connectivity index (χ3n) is 9.57. The number of carbonyl (C=O) groups is 2. The highest BCUT2D eigenvalue weighted by Crippen LogP contribution is 2.36. The van der Waals surface area contributed by atoms with E-state index in [-0.39, 0.29) is 59.0 Å². The Morgan fingerprint density at radius 2 is 1.79 bits per heavy atom. The second-order valence-electron chi connectivity index (χ2n) is 13.8. The van der Waals surface area contributed by atoms with E-state index >= 15 is 0 Å². The molecule has 0 fully saturated rings. The van der Waals surface area contributed by atoms with Crippen molar-refractivity contribution in [2.75, 3.05) is 0 Å². The van der Waals surface area contributed by atoms with Crippen LogP contribution in [0.25, 0.3) is 27.8 Å². The highest BCUT2D eigenvalue weighted by Gasteiger charge is 2.38. The van der Waals surface area contributed by atoms with Crippen molar-refractivity contribution < 1.29 is 41.0 Å². The summed E-state index contributed by atoms with van der Waals surface area (Å²) in [4.78, 5) is 43.9. The molecule has 0 aliphatic carbocycles. The van der Waals surface area contributed by atoms with Crippen molar-refractivity contribution in [2.45, 2.75) is 71.1 Å². The number of aromatic nitrogens is 6. The monoisotopic (exact) mass is 858 g/mol. The van der Waals surface area contributed by atoms with E-state index in [1.807, 2.05) is 0 Å². The van der Waals surface area contributed by atoms with Gasteiger partial charge in [0, 0.05) is 46.3 Å². The molecule has 2 N–H and O–H groups in total. The molecule has 2 atom stereocenters. The topological polar surface area (TPSA) is 132 Å². The van der Waals surface area contributed by atoms with Crippen LogP contribution in [0.2, 0.25) is 0 Å². The van der Waals surface area contributed by atoms with Gasteiger partial charge in [0.15, 0.2) is 0 Å². The van der Waals surface area contributed by atoms with E-state index in [2.05, 4.69) is 31.4 Å². The van der Waals surface area contributed by atoms with E-state index in [0.717, 1.165) is 16.8 Å². The van der Waals surface area contributed by atoms with Gasteiger partial charge < -0.3 is 15.3 Å². The Hall–Kier alpha value is -5.69. The number of rotatable bonds is 9. The first-order valence-electron chi connectivity index (χ1n) is 17.5. The second kappa shape index (κ2) is 15.0. The molecule has 0 saturated heterocycles. The normalized spacial score (nSPS) is 15.2. The molecule has 298 valence electrons. The summed E-state index contributed by atoms with van der Waals surface area (Å²) in [5.74, 6) is -1.49. The summed E-state index contributed by atoms with van der Waals surface area (Å²) in [6, 6.07) is 15.5. The van der Waals surface area contributed by atoms with Crippen LogP contribution in [0, 0.1) is 0 Å². The average molecular weight is 860 g/mol. The van der Waals surface area contributed by atoms with E-state index in [0.29, 0.717) is 22.0 Å². The molecule has 3 aromatic carbocycles. The molecule has 0 saturated carbocycles. The molecule has 1 aliphatic heterocycles. The summed E-state index contributed by atoms with van der Waals surface area (Å²) in [6.07, 6.45) is -7.20. The molecule has 6 aromatic rings. The number of halogens is 7. The minimum atomic E-state index is -4.75. The zero-order valence-electron chi connectivity index (χ0n) is 30.1. The summed E-state index contributed by atoms with van der Waals surface area (Å²) >= 11 is 2.90. The maximum Gasteiger partial charge on any atom is 0.417 e. The molecule has 4 heterocycles. The number of aliphatic hydroxyl groups is 1. The van der Waals surface area contributed by atoms with Crippen molar-refractivity contribution in [3.63, 3.8) is 0 Å². The summed E-state index contributed by atoms with van der Waals surface area (Å²) in [5.41, 5.74) is 0.203. The highest BCUT2D eigenvalue weighted by molar-refractivity contribution is 9.10. The van der Waals surface area contributed by atoms with Gasteiger partial charge in [-0.25, -0.2) is 4.79 Å². The fraction of sp³-hybridized carbons (Fsp3) is 0.289. The molecule has 19 heteroatoms. The number of aliphatic hydroxyl groups excluding tert-OH is 1. The number of alkyl halides is 6. The van der Waals surface area contributed by atoms with Gasteiger partial charge in [0.05, 0.1) is 53.5 Å². The maximum atomic E-state index is 14.4. The molecule has 3 aromatic heterocycles. The van der Waals surface area contributed by atoms with Gasteiger partial charge in [-0.1, -0.05) is 40.2 Å². The third kappa shape index (κ3) is 7.98. The Balaban J connectivity index is 1.28.